The number of aliphatic hydroxyl groups is 1. The molecule has 3 N–H and O–H groups in total. The molecule has 0 saturated heterocycles. The predicted octanol–water partition coefficient (Wildman–Crippen LogP) is 3.63. The van der Waals surface area contributed by atoms with E-state index in [1.54, 1.807) is 12.1 Å². The number of benzene rings is 2. The molecule has 0 aliphatic heterocycles. The first-order valence-electron chi connectivity index (χ1n) is 8.42. The van der Waals surface area contributed by atoms with Crippen molar-refractivity contribution >= 4 is 5.96 Å². The molecule has 2 rings (SSSR count). The Morgan fingerprint density at radius 2 is 1.85 bits per heavy atom. The van der Waals surface area contributed by atoms with Crippen LogP contribution in [0.25, 0.3) is 0 Å². The first-order valence-corrected chi connectivity index (χ1v) is 8.42. The number of aliphatic imine (C=N–C) groups is 1. The number of guanidine groups is 1. The zero-order chi connectivity index (χ0) is 19.9. The number of aliphatic hydroxyl groups excluding tert-OH is 1. The number of halogens is 4. The second-order valence-corrected chi connectivity index (χ2v) is 5.81. The zero-order valence-corrected chi connectivity index (χ0v) is 14.7. The number of nitrogens with one attached hydrogen (secondary N) is 2. The largest absolute Gasteiger partial charge is 0.416 e. The summed E-state index contributed by atoms with van der Waals surface area (Å²) in [6.45, 7) is 2.36. The fourth-order valence-corrected chi connectivity index (χ4v) is 2.41. The van der Waals surface area contributed by atoms with Gasteiger partial charge in [-0.05, 0) is 30.7 Å². The molecule has 4 nitrogen and oxygen atoms in total. The summed E-state index contributed by atoms with van der Waals surface area (Å²) in [5, 5.41) is 15.9. The van der Waals surface area contributed by atoms with Crippen molar-refractivity contribution in [2.45, 2.75) is 25.7 Å². The minimum absolute atomic E-state index is 0.00461. The van der Waals surface area contributed by atoms with Crippen molar-refractivity contribution in [3.8, 4) is 0 Å². The molecule has 0 amide bonds. The van der Waals surface area contributed by atoms with Crippen LogP contribution in [0.5, 0.6) is 0 Å². The molecule has 0 bridgehead atoms. The molecule has 27 heavy (non-hydrogen) atoms. The normalized spacial score (nSPS) is 13.3. The Kier molecular flexibility index (Phi) is 7.18. The van der Waals surface area contributed by atoms with Crippen LogP contribution in [0, 0.1) is 5.82 Å². The van der Waals surface area contributed by atoms with Crippen molar-refractivity contribution < 1.29 is 22.7 Å². The van der Waals surface area contributed by atoms with Gasteiger partial charge in [-0.1, -0.05) is 30.3 Å². The van der Waals surface area contributed by atoms with Crippen molar-refractivity contribution in [1.82, 2.24) is 10.6 Å². The van der Waals surface area contributed by atoms with Crippen LogP contribution in [0.4, 0.5) is 17.6 Å². The summed E-state index contributed by atoms with van der Waals surface area (Å²) in [5.41, 5.74) is -0.182. The fourth-order valence-electron chi connectivity index (χ4n) is 2.41. The van der Waals surface area contributed by atoms with Crippen LogP contribution in [0.2, 0.25) is 0 Å². The Labute approximate surface area is 154 Å². The highest BCUT2D eigenvalue weighted by Gasteiger charge is 2.30. The van der Waals surface area contributed by atoms with E-state index in [0.717, 1.165) is 12.1 Å². The number of hydrogen-bond donors (Lipinski definition) is 3. The van der Waals surface area contributed by atoms with Crippen LogP contribution in [-0.2, 0) is 12.7 Å². The summed E-state index contributed by atoms with van der Waals surface area (Å²) < 4.78 is 52.0. The van der Waals surface area contributed by atoms with Gasteiger partial charge in [-0.25, -0.2) is 9.38 Å². The van der Waals surface area contributed by atoms with Crippen LogP contribution >= 0.6 is 0 Å². The van der Waals surface area contributed by atoms with Gasteiger partial charge in [-0.3, -0.25) is 0 Å². The van der Waals surface area contributed by atoms with Crippen molar-refractivity contribution in [1.29, 1.82) is 0 Å². The van der Waals surface area contributed by atoms with Crippen LogP contribution in [0.15, 0.2) is 53.5 Å². The lowest BCUT2D eigenvalue weighted by Crippen LogP contribution is -2.39. The molecule has 8 heteroatoms. The Bertz CT molecular complexity index is 778. The maximum Gasteiger partial charge on any atom is 0.416 e. The molecular formula is C19H21F4N3O. The number of hydrogen-bond acceptors (Lipinski definition) is 2. The SMILES string of the molecule is CCNC(=NCc1cccc(C(F)(F)F)c1)NCC(O)c1ccccc1F. The zero-order valence-electron chi connectivity index (χ0n) is 14.7. The third-order valence-electron chi connectivity index (χ3n) is 3.75. The third-order valence-corrected chi connectivity index (χ3v) is 3.75. The summed E-state index contributed by atoms with van der Waals surface area (Å²) >= 11 is 0. The monoisotopic (exact) mass is 383 g/mol. The van der Waals surface area contributed by atoms with E-state index in [1.807, 2.05) is 6.92 Å². The molecule has 2 aromatic carbocycles. The predicted molar refractivity (Wildman–Crippen MR) is 95.6 cm³/mol. The average Bonchev–Trinajstić information content (AvgIpc) is 2.63. The Hall–Kier alpha value is -2.61. The van der Waals surface area contributed by atoms with Gasteiger partial charge >= 0.3 is 6.18 Å². The molecule has 0 fully saturated rings. The maximum absolute atomic E-state index is 13.7. The molecule has 0 spiro atoms. The van der Waals surface area contributed by atoms with Gasteiger partial charge in [0, 0.05) is 18.7 Å². The van der Waals surface area contributed by atoms with Gasteiger partial charge in [-0.15, -0.1) is 0 Å². The lowest BCUT2D eigenvalue weighted by molar-refractivity contribution is -0.137. The van der Waals surface area contributed by atoms with Gasteiger partial charge in [-0.2, -0.15) is 13.2 Å². The summed E-state index contributed by atoms with van der Waals surface area (Å²) in [4.78, 5) is 4.22. The van der Waals surface area contributed by atoms with Crippen LogP contribution < -0.4 is 10.6 Å². The molecular weight excluding hydrogens is 362 g/mol. The smallest absolute Gasteiger partial charge is 0.386 e. The van der Waals surface area contributed by atoms with Gasteiger partial charge in [0.15, 0.2) is 5.96 Å². The lowest BCUT2D eigenvalue weighted by Gasteiger charge is -2.16. The molecule has 0 radical (unpaired) electrons. The van der Waals surface area contributed by atoms with Crippen molar-refractivity contribution in [3.05, 3.63) is 71.0 Å². The van der Waals surface area contributed by atoms with E-state index >= 15 is 0 Å². The molecule has 0 aliphatic rings. The maximum atomic E-state index is 13.7. The highest BCUT2D eigenvalue weighted by Crippen LogP contribution is 2.29. The minimum Gasteiger partial charge on any atom is -0.386 e. The second-order valence-electron chi connectivity index (χ2n) is 5.81. The van der Waals surface area contributed by atoms with Gasteiger partial charge in [0.2, 0.25) is 0 Å². The molecule has 2 aromatic rings. The third kappa shape index (κ3) is 6.25. The molecule has 0 aliphatic carbocycles. The molecule has 1 atom stereocenters. The van der Waals surface area contributed by atoms with Crippen molar-refractivity contribution in [2.75, 3.05) is 13.1 Å². The molecule has 0 heterocycles. The number of rotatable bonds is 6. The second kappa shape index (κ2) is 9.36. The molecule has 0 aromatic heterocycles. The van der Waals surface area contributed by atoms with Crippen LogP contribution in [0.3, 0.4) is 0 Å². The minimum atomic E-state index is -4.41. The van der Waals surface area contributed by atoms with Crippen molar-refractivity contribution in [2.24, 2.45) is 4.99 Å². The first kappa shape index (κ1) is 20.7. The van der Waals surface area contributed by atoms with E-state index in [2.05, 4.69) is 15.6 Å². The highest BCUT2D eigenvalue weighted by atomic mass is 19.4. The number of alkyl halides is 3. The lowest BCUT2D eigenvalue weighted by atomic mass is 10.1. The molecule has 146 valence electrons. The standard InChI is InChI=1S/C19H21F4N3O/c1-2-24-18(26-12-17(27)15-8-3-4-9-16(15)20)25-11-13-6-5-7-14(10-13)19(21,22)23/h3-10,17,27H,2,11-12H2,1H3,(H2,24,25,26). The highest BCUT2D eigenvalue weighted by molar-refractivity contribution is 5.79. The van der Waals surface area contributed by atoms with E-state index in [9.17, 15) is 22.7 Å². The molecule has 0 saturated carbocycles. The average molecular weight is 383 g/mol. The van der Waals surface area contributed by atoms with E-state index in [0.29, 0.717) is 18.1 Å². The van der Waals surface area contributed by atoms with E-state index in [-0.39, 0.29) is 18.7 Å². The van der Waals surface area contributed by atoms with Gasteiger partial charge in [0.25, 0.3) is 0 Å². The van der Waals surface area contributed by atoms with Gasteiger partial charge in [0.05, 0.1) is 18.2 Å². The van der Waals surface area contributed by atoms with E-state index in [4.69, 9.17) is 0 Å². The summed E-state index contributed by atoms with van der Waals surface area (Å²) in [6, 6.07) is 10.8. The van der Waals surface area contributed by atoms with E-state index in [1.165, 1.54) is 24.3 Å². The fraction of sp³-hybridized carbons (Fsp3) is 0.316. The first-order chi connectivity index (χ1) is 12.8. The van der Waals surface area contributed by atoms with Gasteiger partial charge < -0.3 is 15.7 Å². The number of nitrogens with zero attached hydrogens (tertiary/aromatic N) is 1. The Balaban J connectivity index is 2.03. The quantitative estimate of drug-likeness (QED) is 0.406. The van der Waals surface area contributed by atoms with Crippen molar-refractivity contribution in [3.63, 3.8) is 0 Å². The summed E-state index contributed by atoms with van der Waals surface area (Å²) in [5.74, 6) is -0.206. The topological polar surface area (TPSA) is 56.7 Å². The Morgan fingerprint density at radius 1 is 1.11 bits per heavy atom. The molecule has 1 unspecified atom stereocenters. The van der Waals surface area contributed by atoms with E-state index < -0.39 is 23.7 Å². The van der Waals surface area contributed by atoms with Crippen LogP contribution in [-0.4, -0.2) is 24.2 Å². The Morgan fingerprint density at radius 3 is 2.52 bits per heavy atom. The summed E-state index contributed by atoms with van der Waals surface area (Å²) in [7, 11) is 0. The van der Waals surface area contributed by atoms with Crippen LogP contribution in [0.1, 0.15) is 29.7 Å². The van der Waals surface area contributed by atoms with Gasteiger partial charge in [0.1, 0.15) is 5.82 Å². The summed E-state index contributed by atoms with van der Waals surface area (Å²) in [6.07, 6.45) is -5.50.